The minimum absolute atomic E-state index is 0.827. The highest BCUT2D eigenvalue weighted by atomic mass is 79.9. The van der Waals surface area contributed by atoms with Crippen molar-refractivity contribution in [1.82, 2.24) is 5.32 Å². The zero-order valence-electron chi connectivity index (χ0n) is 10.2. The third-order valence-electron chi connectivity index (χ3n) is 2.96. The van der Waals surface area contributed by atoms with Gasteiger partial charge in [0.15, 0.2) is 0 Å². The lowest BCUT2D eigenvalue weighted by Gasteiger charge is -2.31. The molecule has 1 aliphatic rings. The number of nitrogens with zero attached hydrogens (tertiary/aromatic N) is 1. The van der Waals surface area contributed by atoms with Crippen LogP contribution in [-0.2, 0) is 11.3 Å². The predicted molar refractivity (Wildman–Crippen MR) is 74.6 cm³/mol. The van der Waals surface area contributed by atoms with Gasteiger partial charge in [-0.15, -0.1) is 0 Å². The highest BCUT2D eigenvalue weighted by Gasteiger charge is 2.14. The van der Waals surface area contributed by atoms with Gasteiger partial charge in [0, 0.05) is 29.8 Å². The molecule has 0 aliphatic carbocycles. The van der Waals surface area contributed by atoms with Gasteiger partial charge < -0.3 is 15.0 Å². The summed E-state index contributed by atoms with van der Waals surface area (Å²) in [6, 6.07) is 6.51. The molecule has 0 amide bonds. The van der Waals surface area contributed by atoms with Crippen molar-refractivity contribution in [3.05, 3.63) is 28.2 Å². The van der Waals surface area contributed by atoms with Crippen molar-refractivity contribution < 1.29 is 4.74 Å². The summed E-state index contributed by atoms with van der Waals surface area (Å²) in [7, 11) is 0. The lowest BCUT2D eigenvalue weighted by molar-refractivity contribution is 0.122. The Hall–Kier alpha value is -0.580. The van der Waals surface area contributed by atoms with Crippen LogP contribution in [0.3, 0.4) is 0 Å². The third-order valence-corrected chi connectivity index (χ3v) is 3.46. The fraction of sp³-hybridized carbons (Fsp3) is 0.538. The Labute approximate surface area is 111 Å². The van der Waals surface area contributed by atoms with Crippen LogP contribution in [-0.4, -0.2) is 32.8 Å². The van der Waals surface area contributed by atoms with E-state index in [1.54, 1.807) is 0 Å². The number of hydrogen-bond acceptors (Lipinski definition) is 3. The van der Waals surface area contributed by atoms with Gasteiger partial charge in [-0.3, -0.25) is 0 Å². The van der Waals surface area contributed by atoms with Crippen LogP contribution in [0.25, 0.3) is 0 Å². The fourth-order valence-corrected chi connectivity index (χ4v) is 2.39. The van der Waals surface area contributed by atoms with Gasteiger partial charge in [0.25, 0.3) is 0 Å². The molecule has 0 unspecified atom stereocenters. The number of rotatable bonds is 4. The van der Waals surface area contributed by atoms with E-state index < -0.39 is 0 Å². The summed E-state index contributed by atoms with van der Waals surface area (Å²) in [6.07, 6.45) is 0. The Morgan fingerprint density at radius 3 is 2.82 bits per heavy atom. The lowest BCUT2D eigenvalue weighted by atomic mass is 10.1. The predicted octanol–water partition coefficient (Wildman–Crippen LogP) is 2.40. The summed E-state index contributed by atoms with van der Waals surface area (Å²) >= 11 is 3.55. The molecular weight excluding hydrogens is 280 g/mol. The van der Waals surface area contributed by atoms with Crippen molar-refractivity contribution in [2.24, 2.45) is 0 Å². The van der Waals surface area contributed by atoms with Gasteiger partial charge >= 0.3 is 0 Å². The maximum absolute atomic E-state index is 5.40. The average molecular weight is 299 g/mol. The van der Waals surface area contributed by atoms with Gasteiger partial charge in [-0.25, -0.2) is 0 Å². The monoisotopic (exact) mass is 298 g/mol. The maximum atomic E-state index is 5.40. The average Bonchev–Trinajstić information content (AvgIpc) is 2.38. The molecule has 1 heterocycles. The Bertz CT molecular complexity index is 364. The van der Waals surface area contributed by atoms with E-state index in [2.05, 4.69) is 51.3 Å². The van der Waals surface area contributed by atoms with Crippen molar-refractivity contribution in [3.8, 4) is 0 Å². The first-order valence-electron chi connectivity index (χ1n) is 6.13. The Balaban J connectivity index is 2.19. The van der Waals surface area contributed by atoms with Crippen molar-refractivity contribution in [2.75, 3.05) is 37.7 Å². The molecule has 0 radical (unpaired) electrons. The topological polar surface area (TPSA) is 24.5 Å². The van der Waals surface area contributed by atoms with E-state index in [0.29, 0.717) is 0 Å². The quantitative estimate of drug-likeness (QED) is 0.924. The Morgan fingerprint density at radius 1 is 1.35 bits per heavy atom. The molecule has 0 aromatic heterocycles. The molecule has 0 atom stereocenters. The molecular formula is C13H19BrN2O. The Morgan fingerprint density at radius 2 is 2.12 bits per heavy atom. The molecule has 4 heteroatoms. The summed E-state index contributed by atoms with van der Waals surface area (Å²) in [5.74, 6) is 0. The molecule has 0 saturated carbocycles. The molecule has 0 bridgehead atoms. The molecule has 0 spiro atoms. The van der Waals surface area contributed by atoms with Crippen LogP contribution >= 0.6 is 15.9 Å². The molecule has 2 rings (SSSR count). The van der Waals surface area contributed by atoms with E-state index in [-0.39, 0.29) is 0 Å². The van der Waals surface area contributed by atoms with E-state index >= 15 is 0 Å². The highest BCUT2D eigenvalue weighted by molar-refractivity contribution is 9.10. The summed E-state index contributed by atoms with van der Waals surface area (Å²) in [6.45, 7) is 7.67. The first kappa shape index (κ1) is 12.9. The molecule has 1 saturated heterocycles. The maximum Gasteiger partial charge on any atom is 0.0642 e. The van der Waals surface area contributed by atoms with Crippen molar-refractivity contribution >= 4 is 21.6 Å². The number of morpholine rings is 1. The smallest absolute Gasteiger partial charge is 0.0642 e. The number of halogens is 1. The van der Waals surface area contributed by atoms with Crippen molar-refractivity contribution in [2.45, 2.75) is 13.5 Å². The number of anilines is 1. The van der Waals surface area contributed by atoms with Crippen LogP contribution in [0.15, 0.2) is 22.7 Å². The second kappa shape index (κ2) is 6.38. The molecule has 1 fully saturated rings. The second-order valence-electron chi connectivity index (χ2n) is 4.15. The van der Waals surface area contributed by atoms with E-state index in [1.807, 2.05) is 0 Å². The fourth-order valence-electron chi connectivity index (χ4n) is 2.04. The van der Waals surface area contributed by atoms with Gasteiger partial charge in [-0.2, -0.15) is 0 Å². The number of ether oxygens (including phenoxy) is 1. The highest BCUT2D eigenvalue weighted by Crippen LogP contribution is 2.26. The molecule has 94 valence electrons. The van der Waals surface area contributed by atoms with Crippen LogP contribution < -0.4 is 10.2 Å². The lowest BCUT2D eigenvalue weighted by Crippen LogP contribution is -2.37. The molecule has 1 aromatic rings. The van der Waals surface area contributed by atoms with Gasteiger partial charge in [0.1, 0.15) is 0 Å². The number of benzene rings is 1. The number of nitrogens with one attached hydrogen (secondary N) is 1. The van der Waals surface area contributed by atoms with Crippen molar-refractivity contribution in [3.63, 3.8) is 0 Å². The molecule has 3 nitrogen and oxygen atoms in total. The first-order chi connectivity index (χ1) is 8.31. The molecule has 1 N–H and O–H groups in total. The molecule has 17 heavy (non-hydrogen) atoms. The SMILES string of the molecule is CCNCc1ccc(Br)cc1N1CCOCC1. The largest absolute Gasteiger partial charge is 0.378 e. The van der Waals surface area contributed by atoms with Crippen LogP contribution in [0.2, 0.25) is 0 Å². The van der Waals surface area contributed by atoms with Gasteiger partial charge in [0.05, 0.1) is 13.2 Å². The van der Waals surface area contributed by atoms with E-state index in [4.69, 9.17) is 4.74 Å². The summed E-state index contributed by atoms with van der Waals surface area (Å²) < 4.78 is 6.54. The Kier molecular flexibility index (Phi) is 4.83. The minimum atomic E-state index is 0.827. The second-order valence-corrected chi connectivity index (χ2v) is 5.07. The minimum Gasteiger partial charge on any atom is -0.378 e. The summed E-state index contributed by atoms with van der Waals surface area (Å²) in [5, 5.41) is 3.39. The molecule has 1 aliphatic heterocycles. The van der Waals surface area contributed by atoms with E-state index in [1.165, 1.54) is 11.3 Å². The zero-order valence-corrected chi connectivity index (χ0v) is 11.8. The van der Waals surface area contributed by atoms with Gasteiger partial charge in [0.2, 0.25) is 0 Å². The van der Waals surface area contributed by atoms with Crippen molar-refractivity contribution in [1.29, 1.82) is 0 Å². The zero-order chi connectivity index (χ0) is 12.1. The standard InChI is InChI=1S/C13H19BrN2O/c1-2-15-10-11-3-4-12(14)9-13(11)16-5-7-17-8-6-16/h3-4,9,15H,2,5-8,10H2,1H3. The number of hydrogen-bond donors (Lipinski definition) is 1. The molecule has 1 aromatic carbocycles. The van der Waals surface area contributed by atoms with Crippen LogP contribution in [0.1, 0.15) is 12.5 Å². The van der Waals surface area contributed by atoms with Crippen LogP contribution in [0.5, 0.6) is 0 Å². The normalized spacial score (nSPS) is 16.2. The van der Waals surface area contributed by atoms with E-state index in [0.717, 1.165) is 43.9 Å². The first-order valence-corrected chi connectivity index (χ1v) is 6.92. The van der Waals surface area contributed by atoms with Crippen LogP contribution in [0.4, 0.5) is 5.69 Å². The van der Waals surface area contributed by atoms with E-state index in [9.17, 15) is 0 Å². The van der Waals surface area contributed by atoms with Crippen LogP contribution in [0, 0.1) is 0 Å². The van der Waals surface area contributed by atoms with Gasteiger partial charge in [-0.05, 0) is 24.2 Å². The summed E-state index contributed by atoms with van der Waals surface area (Å²) in [4.78, 5) is 2.40. The third kappa shape index (κ3) is 3.44. The summed E-state index contributed by atoms with van der Waals surface area (Å²) in [5.41, 5.74) is 2.68. The van der Waals surface area contributed by atoms with Gasteiger partial charge in [-0.1, -0.05) is 28.9 Å².